The smallest absolute Gasteiger partial charge is 0.180 e. The first kappa shape index (κ1) is 14.6. The molecule has 0 saturated heterocycles. The average Bonchev–Trinajstić information content (AvgIpc) is 3.01. The summed E-state index contributed by atoms with van der Waals surface area (Å²) in [6.07, 6.45) is 6.73. The predicted molar refractivity (Wildman–Crippen MR) is 89.3 cm³/mol. The van der Waals surface area contributed by atoms with Gasteiger partial charge in [0.15, 0.2) is 5.82 Å². The van der Waals surface area contributed by atoms with Crippen molar-refractivity contribution in [2.45, 2.75) is 38.2 Å². The largest absolute Gasteiger partial charge is 0.393 e. The Balaban J connectivity index is 1.66. The number of nitrogens with zero attached hydrogens (tertiary/aromatic N) is 4. The SMILES string of the molecule is CN(CC1CC(O)C1)c1nc(-c2ccccn2)nc2c1CCC2. The second-order valence-corrected chi connectivity index (χ2v) is 6.74. The highest BCUT2D eigenvalue weighted by Crippen LogP contribution is 2.33. The van der Waals surface area contributed by atoms with Gasteiger partial charge in [0, 0.05) is 31.0 Å². The lowest BCUT2D eigenvalue weighted by atomic mass is 9.82. The van der Waals surface area contributed by atoms with Crippen molar-refractivity contribution in [3.8, 4) is 11.5 Å². The second kappa shape index (κ2) is 5.89. The van der Waals surface area contributed by atoms with Crippen molar-refractivity contribution in [3.63, 3.8) is 0 Å². The highest BCUT2D eigenvalue weighted by molar-refractivity contribution is 5.58. The molecule has 4 rings (SSSR count). The molecule has 0 unspecified atom stereocenters. The fourth-order valence-electron chi connectivity index (χ4n) is 3.66. The number of fused-ring (bicyclic) bond motifs is 1. The molecule has 23 heavy (non-hydrogen) atoms. The summed E-state index contributed by atoms with van der Waals surface area (Å²) in [6.45, 7) is 0.947. The molecule has 1 N–H and O–H groups in total. The molecule has 1 fully saturated rings. The van der Waals surface area contributed by atoms with Gasteiger partial charge in [0.2, 0.25) is 0 Å². The maximum Gasteiger partial charge on any atom is 0.180 e. The number of rotatable bonds is 4. The zero-order valence-electron chi connectivity index (χ0n) is 13.4. The van der Waals surface area contributed by atoms with Gasteiger partial charge in [0.25, 0.3) is 0 Å². The maximum atomic E-state index is 9.50. The van der Waals surface area contributed by atoms with E-state index < -0.39 is 0 Å². The standard InChI is InChI=1S/C18H22N4O/c1-22(11-12-9-13(23)10-12)18-14-5-4-7-15(14)20-17(21-18)16-6-2-3-8-19-16/h2-3,6,8,12-13,23H,4-5,7,9-11H2,1H3. The van der Waals surface area contributed by atoms with E-state index >= 15 is 0 Å². The highest BCUT2D eigenvalue weighted by atomic mass is 16.3. The summed E-state index contributed by atoms with van der Waals surface area (Å²) in [6, 6.07) is 5.84. The monoisotopic (exact) mass is 310 g/mol. The molecule has 2 aliphatic rings. The lowest BCUT2D eigenvalue weighted by Gasteiger charge is -2.35. The van der Waals surface area contributed by atoms with Crippen molar-refractivity contribution in [2.75, 3.05) is 18.5 Å². The first-order valence-electron chi connectivity index (χ1n) is 8.41. The van der Waals surface area contributed by atoms with Crippen LogP contribution in [-0.4, -0.2) is 39.8 Å². The number of hydrogen-bond donors (Lipinski definition) is 1. The Morgan fingerprint density at radius 1 is 1.22 bits per heavy atom. The lowest BCUT2D eigenvalue weighted by molar-refractivity contribution is 0.0464. The Bertz CT molecular complexity index is 698. The van der Waals surface area contributed by atoms with E-state index in [0.717, 1.165) is 56.0 Å². The number of aryl methyl sites for hydroxylation is 1. The van der Waals surface area contributed by atoms with E-state index in [0.29, 0.717) is 5.92 Å². The Morgan fingerprint density at radius 2 is 2.09 bits per heavy atom. The van der Waals surface area contributed by atoms with Gasteiger partial charge in [-0.3, -0.25) is 4.98 Å². The Labute approximate surface area is 136 Å². The van der Waals surface area contributed by atoms with E-state index in [-0.39, 0.29) is 6.10 Å². The summed E-state index contributed by atoms with van der Waals surface area (Å²) in [5, 5.41) is 9.50. The zero-order valence-corrected chi connectivity index (χ0v) is 13.4. The molecule has 1 saturated carbocycles. The van der Waals surface area contributed by atoms with Crippen LogP contribution in [0.3, 0.4) is 0 Å². The van der Waals surface area contributed by atoms with Crippen LogP contribution in [0, 0.1) is 5.92 Å². The Kier molecular flexibility index (Phi) is 3.73. The number of hydrogen-bond acceptors (Lipinski definition) is 5. The Hall–Kier alpha value is -2.01. The molecule has 2 heterocycles. The predicted octanol–water partition coefficient (Wildman–Crippen LogP) is 2.23. The van der Waals surface area contributed by atoms with Gasteiger partial charge in [0.05, 0.1) is 6.10 Å². The van der Waals surface area contributed by atoms with Crippen LogP contribution in [0.2, 0.25) is 0 Å². The molecule has 0 amide bonds. The van der Waals surface area contributed by atoms with Gasteiger partial charge in [-0.15, -0.1) is 0 Å². The number of aromatic nitrogens is 3. The van der Waals surface area contributed by atoms with E-state index in [1.807, 2.05) is 18.2 Å². The third-order valence-corrected chi connectivity index (χ3v) is 4.91. The van der Waals surface area contributed by atoms with Crippen LogP contribution >= 0.6 is 0 Å². The van der Waals surface area contributed by atoms with Gasteiger partial charge < -0.3 is 10.0 Å². The van der Waals surface area contributed by atoms with E-state index in [9.17, 15) is 5.11 Å². The van der Waals surface area contributed by atoms with Crippen molar-refractivity contribution in [3.05, 3.63) is 35.7 Å². The van der Waals surface area contributed by atoms with Crippen molar-refractivity contribution < 1.29 is 5.11 Å². The van der Waals surface area contributed by atoms with Crippen LogP contribution in [0.4, 0.5) is 5.82 Å². The van der Waals surface area contributed by atoms with E-state index in [2.05, 4.69) is 16.9 Å². The quantitative estimate of drug-likeness (QED) is 0.938. The fourth-order valence-corrected chi connectivity index (χ4v) is 3.66. The van der Waals surface area contributed by atoms with Crippen LogP contribution in [0.5, 0.6) is 0 Å². The molecule has 2 aromatic rings. The van der Waals surface area contributed by atoms with Crippen molar-refractivity contribution >= 4 is 5.82 Å². The molecule has 5 nitrogen and oxygen atoms in total. The molecule has 0 spiro atoms. The summed E-state index contributed by atoms with van der Waals surface area (Å²) in [5.41, 5.74) is 3.30. The van der Waals surface area contributed by atoms with E-state index in [4.69, 9.17) is 9.97 Å². The first-order valence-corrected chi connectivity index (χ1v) is 8.41. The summed E-state index contributed by atoms with van der Waals surface area (Å²) >= 11 is 0. The van der Waals surface area contributed by atoms with Gasteiger partial charge >= 0.3 is 0 Å². The number of aliphatic hydroxyl groups excluding tert-OH is 1. The van der Waals surface area contributed by atoms with Crippen LogP contribution in [0.25, 0.3) is 11.5 Å². The summed E-state index contributed by atoms with van der Waals surface area (Å²) in [5.74, 6) is 2.34. The first-order chi connectivity index (χ1) is 11.2. The third-order valence-electron chi connectivity index (χ3n) is 4.91. The molecule has 0 aliphatic heterocycles. The minimum Gasteiger partial charge on any atom is -0.393 e. The lowest BCUT2D eigenvalue weighted by Crippen LogP contribution is -2.37. The van der Waals surface area contributed by atoms with Gasteiger partial charge in [-0.25, -0.2) is 9.97 Å². The highest BCUT2D eigenvalue weighted by Gasteiger charge is 2.30. The van der Waals surface area contributed by atoms with Crippen molar-refractivity contribution in [1.82, 2.24) is 15.0 Å². The molecule has 5 heteroatoms. The van der Waals surface area contributed by atoms with Gasteiger partial charge in [-0.2, -0.15) is 0 Å². The van der Waals surface area contributed by atoms with Gasteiger partial charge in [0.1, 0.15) is 11.5 Å². The van der Waals surface area contributed by atoms with Crippen LogP contribution < -0.4 is 4.90 Å². The molecule has 0 atom stereocenters. The molecule has 2 aliphatic carbocycles. The summed E-state index contributed by atoms with van der Waals surface area (Å²) < 4.78 is 0. The van der Waals surface area contributed by atoms with Crippen LogP contribution in [0.1, 0.15) is 30.5 Å². The summed E-state index contributed by atoms with van der Waals surface area (Å²) in [7, 11) is 2.10. The molecule has 0 aromatic carbocycles. The maximum absolute atomic E-state index is 9.50. The van der Waals surface area contributed by atoms with Crippen LogP contribution in [-0.2, 0) is 12.8 Å². The minimum absolute atomic E-state index is 0.103. The van der Waals surface area contributed by atoms with Gasteiger partial charge in [-0.1, -0.05) is 6.07 Å². The van der Waals surface area contributed by atoms with Crippen molar-refractivity contribution in [2.24, 2.45) is 5.92 Å². The number of pyridine rings is 1. The minimum atomic E-state index is -0.103. The molecular weight excluding hydrogens is 288 g/mol. The van der Waals surface area contributed by atoms with E-state index in [1.165, 1.54) is 11.3 Å². The number of anilines is 1. The zero-order chi connectivity index (χ0) is 15.8. The van der Waals surface area contributed by atoms with Gasteiger partial charge in [-0.05, 0) is 50.2 Å². The topological polar surface area (TPSA) is 62.1 Å². The van der Waals surface area contributed by atoms with Crippen LogP contribution in [0.15, 0.2) is 24.4 Å². The molecule has 120 valence electrons. The fraction of sp³-hybridized carbons (Fsp3) is 0.500. The van der Waals surface area contributed by atoms with Crippen molar-refractivity contribution in [1.29, 1.82) is 0 Å². The third kappa shape index (κ3) is 2.81. The Morgan fingerprint density at radius 3 is 2.83 bits per heavy atom. The molecule has 0 bridgehead atoms. The van der Waals surface area contributed by atoms with E-state index in [1.54, 1.807) is 6.20 Å². The average molecular weight is 310 g/mol. The second-order valence-electron chi connectivity index (χ2n) is 6.74. The molecular formula is C18H22N4O. The molecule has 0 radical (unpaired) electrons. The number of aliphatic hydroxyl groups is 1. The summed E-state index contributed by atoms with van der Waals surface area (Å²) in [4.78, 5) is 16.2. The molecule has 2 aromatic heterocycles. The normalized spacial score (nSPS) is 22.5.